The van der Waals surface area contributed by atoms with Crippen LogP contribution in [-0.4, -0.2) is 29.2 Å². The lowest BCUT2D eigenvalue weighted by atomic mass is 10.2. The van der Waals surface area contributed by atoms with E-state index in [1.807, 2.05) is 54.9 Å². The van der Waals surface area contributed by atoms with E-state index in [-0.39, 0.29) is 5.91 Å². The summed E-state index contributed by atoms with van der Waals surface area (Å²) < 4.78 is 13.1. The number of nitrogens with zero attached hydrogens (tertiary/aromatic N) is 2. The molecule has 0 saturated carbocycles. The third-order valence-electron chi connectivity index (χ3n) is 4.71. The fourth-order valence-corrected chi connectivity index (χ4v) is 3.82. The minimum Gasteiger partial charge on any atom is -0.487 e. The molecule has 30 heavy (non-hydrogen) atoms. The van der Waals surface area contributed by atoms with Crippen LogP contribution < -0.4 is 10.1 Å². The van der Waals surface area contributed by atoms with Gasteiger partial charge < -0.3 is 19.4 Å². The van der Waals surface area contributed by atoms with Gasteiger partial charge in [0.15, 0.2) is 0 Å². The summed E-state index contributed by atoms with van der Waals surface area (Å²) in [5.41, 5.74) is 3.29. The minimum atomic E-state index is -0.178. The van der Waals surface area contributed by atoms with Crippen molar-refractivity contribution in [2.75, 3.05) is 19.0 Å². The molecule has 0 aliphatic heterocycles. The van der Waals surface area contributed by atoms with Gasteiger partial charge in [0.05, 0.1) is 17.3 Å². The molecule has 0 radical (unpaired) electrons. The Balaban J connectivity index is 1.43. The van der Waals surface area contributed by atoms with Gasteiger partial charge in [-0.05, 0) is 49.4 Å². The molecule has 6 nitrogen and oxygen atoms in total. The first kappa shape index (κ1) is 20.1. The standard InChI is InChI=1S/C23H23N3O3S/c1-16-24-20(15-30-16)14-29-21-5-3-4-18(13-21)23(27)25-19-6-7-22-17(12-19)8-9-26(22)10-11-28-2/h3-9,12-13,15H,10-11,14H2,1-2H3,(H,25,27). The molecule has 0 bridgehead atoms. The van der Waals surface area contributed by atoms with Gasteiger partial charge in [-0.1, -0.05) is 6.07 Å². The molecule has 1 N–H and O–H groups in total. The van der Waals surface area contributed by atoms with Crippen LogP contribution in [0.3, 0.4) is 0 Å². The van der Waals surface area contributed by atoms with Crippen LogP contribution in [0.5, 0.6) is 5.75 Å². The Hall–Kier alpha value is -3.16. The van der Waals surface area contributed by atoms with Crippen molar-refractivity contribution in [3.63, 3.8) is 0 Å². The van der Waals surface area contributed by atoms with Crippen LogP contribution in [0.1, 0.15) is 21.1 Å². The first-order chi connectivity index (χ1) is 14.6. The summed E-state index contributed by atoms with van der Waals surface area (Å²) in [6.45, 7) is 3.79. The summed E-state index contributed by atoms with van der Waals surface area (Å²) in [6.07, 6.45) is 2.03. The molecule has 4 aromatic rings. The Morgan fingerprint density at radius 2 is 2.10 bits per heavy atom. The zero-order valence-electron chi connectivity index (χ0n) is 16.9. The number of aryl methyl sites for hydroxylation is 1. The van der Waals surface area contributed by atoms with Crippen molar-refractivity contribution in [1.29, 1.82) is 0 Å². The number of carbonyl (C=O) groups is 1. The number of amides is 1. The molecule has 0 fully saturated rings. The summed E-state index contributed by atoms with van der Waals surface area (Å²) in [4.78, 5) is 17.1. The molecule has 7 heteroatoms. The smallest absolute Gasteiger partial charge is 0.255 e. The molecule has 0 atom stereocenters. The molecule has 1 amide bonds. The molecule has 0 saturated heterocycles. The van der Waals surface area contributed by atoms with Gasteiger partial charge in [-0.25, -0.2) is 4.98 Å². The monoisotopic (exact) mass is 421 g/mol. The second kappa shape index (κ2) is 9.11. The lowest BCUT2D eigenvalue weighted by molar-refractivity contribution is 0.102. The van der Waals surface area contributed by atoms with Crippen LogP contribution in [0.2, 0.25) is 0 Å². The quantitative estimate of drug-likeness (QED) is 0.440. The van der Waals surface area contributed by atoms with Crippen molar-refractivity contribution >= 4 is 33.8 Å². The van der Waals surface area contributed by atoms with E-state index in [4.69, 9.17) is 9.47 Å². The number of hydrogen-bond donors (Lipinski definition) is 1. The largest absolute Gasteiger partial charge is 0.487 e. The van der Waals surface area contributed by atoms with E-state index in [1.54, 1.807) is 30.6 Å². The molecule has 0 aliphatic rings. The first-order valence-electron chi connectivity index (χ1n) is 9.65. The normalized spacial score (nSPS) is 11.0. The van der Waals surface area contributed by atoms with Crippen molar-refractivity contribution in [1.82, 2.24) is 9.55 Å². The number of nitrogens with one attached hydrogen (secondary N) is 1. The number of thiazole rings is 1. The van der Waals surface area contributed by atoms with Gasteiger partial charge in [-0.15, -0.1) is 11.3 Å². The molecule has 4 rings (SSSR count). The zero-order chi connectivity index (χ0) is 20.9. The van der Waals surface area contributed by atoms with Gasteiger partial charge in [0, 0.05) is 47.4 Å². The maximum Gasteiger partial charge on any atom is 0.255 e. The summed E-state index contributed by atoms with van der Waals surface area (Å²) in [5.74, 6) is 0.460. The average Bonchev–Trinajstić information content (AvgIpc) is 3.36. The molecule has 154 valence electrons. The number of anilines is 1. The summed E-state index contributed by atoms with van der Waals surface area (Å²) >= 11 is 1.59. The fraction of sp³-hybridized carbons (Fsp3) is 0.217. The second-order valence-corrected chi connectivity index (χ2v) is 7.97. The Morgan fingerprint density at radius 1 is 1.20 bits per heavy atom. The third kappa shape index (κ3) is 4.69. The Labute approximate surface area is 179 Å². The van der Waals surface area contributed by atoms with Gasteiger partial charge in [-0.3, -0.25) is 4.79 Å². The molecular weight excluding hydrogens is 398 g/mol. The number of hydrogen-bond acceptors (Lipinski definition) is 5. The van der Waals surface area contributed by atoms with Gasteiger partial charge >= 0.3 is 0 Å². The Kier molecular flexibility index (Phi) is 6.11. The van der Waals surface area contributed by atoms with Crippen molar-refractivity contribution < 1.29 is 14.3 Å². The predicted molar refractivity (Wildman–Crippen MR) is 119 cm³/mol. The van der Waals surface area contributed by atoms with E-state index in [0.29, 0.717) is 24.5 Å². The van der Waals surface area contributed by atoms with E-state index in [9.17, 15) is 4.79 Å². The van der Waals surface area contributed by atoms with Crippen LogP contribution in [0.25, 0.3) is 10.9 Å². The molecule has 2 aromatic heterocycles. The highest BCUT2D eigenvalue weighted by molar-refractivity contribution is 7.09. The number of rotatable bonds is 8. The lowest BCUT2D eigenvalue weighted by Crippen LogP contribution is -2.12. The van der Waals surface area contributed by atoms with E-state index in [0.717, 1.165) is 33.8 Å². The van der Waals surface area contributed by atoms with Crippen molar-refractivity contribution in [3.8, 4) is 5.75 Å². The molecule has 0 spiro atoms. The van der Waals surface area contributed by atoms with E-state index in [1.165, 1.54) is 0 Å². The number of benzene rings is 2. The zero-order valence-corrected chi connectivity index (χ0v) is 17.7. The lowest BCUT2D eigenvalue weighted by Gasteiger charge is -2.09. The van der Waals surface area contributed by atoms with Gasteiger partial charge in [0.1, 0.15) is 12.4 Å². The highest BCUT2D eigenvalue weighted by Crippen LogP contribution is 2.22. The number of fused-ring (bicyclic) bond motifs is 1. The van der Waals surface area contributed by atoms with Gasteiger partial charge in [0.2, 0.25) is 0 Å². The number of aromatic nitrogens is 2. The average molecular weight is 422 g/mol. The van der Waals surface area contributed by atoms with Gasteiger partial charge in [0.25, 0.3) is 5.91 Å². The minimum absolute atomic E-state index is 0.178. The Morgan fingerprint density at radius 3 is 2.90 bits per heavy atom. The summed E-state index contributed by atoms with van der Waals surface area (Å²) in [7, 11) is 1.69. The maximum atomic E-state index is 12.7. The first-order valence-corrected chi connectivity index (χ1v) is 10.5. The second-order valence-electron chi connectivity index (χ2n) is 6.90. The van der Waals surface area contributed by atoms with E-state index >= 15 is 0 Å². The van der Waals surface area contributed by atoms with Gasteiger partial charge in [-0.2, -0.15) is 0 Å². The van der Waals surface area contributed by atoms with Crippen LogP contribution in [0, 0.1) is 6.92 Å². The maximum absolute atomic E-state index is 12.7. The number of ether oxygens (including phenoxy) is 2. The van der Waals surface area contributed by atoms with Crippen LogP contribution in [0.15, 0.2) is 60.1 Å². The van der Waals surface area contributed by atoms with Crippen LogP contribution in [0.4, 0.5) is 5.69 Å². The van der Waals surface area contributed by atoms with Crippen molar-refractivity contribution in [2.45, 2.75) is 20.1 Å². The van der Waals surface area contributed by atoms with E-state index in [2.05, 4.69) is 14.9 Å². The third-order valence-corrected chi connectivity index (χ3v) is 5.54. The Bertz CT molecular complexity index is 1170. The molecule has 2 aromatic carbocycles. The van der Waals surface area contributed by atoms with Crippen molar-refractivity contribution in [2.24, 2.45) is 0 Å². The summed E-state index contributed by atoms with van der Waals surface area (Å²) in [6, 6.07) is 15.1. The van der Waals surface area contributed by atoms with Crippen molar-refractivity contribution in [3.05, 3.63) is 76.4 Å². The predicted octanol–water partition coefficient (Wildman–Crippen LogP) is 4.88. The topological polar surface area (TPSA) is 65.4 Å². The van der Waals surface area contributed by atoms with Crippen LogP contribution >= 0.6 is 11.3 Å². The highest BCUT2D eigenvalue weighted by atomic mass is 32.1. The number of methoxy groups -OCH3 is 1. The fourth-order valence-electron chi connectivity index (χ4n) is 3.22. The van der Waals surface area contributed by atoms with E-state index < -0.39 is 0 Å². The molecule has 2 heterocycles. The highest BCUT2D eigenvalue weighted by Gasteiger charge is 2.09. The number of carbonyl (C=O) groups excluding carboxylic acids is 1. The van der Waals surface area contributed by atoms with Crippen LogP contribution in [-0.2, 0) is 17.9 Å². The molecular formula is C23H23N3O3S. The molecule has 0 unspecified atom stereocenters. The molecule has 0 aliphatic carbocycles. The summed E-state index contributed by atoms with van der Waals surface area (Å²) in [5, 5.41) is 7.02. The SMILES string of the molecule is COCCn1ccc2cc(NC(=O)c3cccc(OCc4csc(C)n4)c3)ccc21.